The molecule has 4 aromatic carbocycles. The molecule has 8 heteroatoms. The smallest absolute Gasteiger partial charge is 0.293 e. The van der Waals surface area contributed by atoms with Crippen molar-refractivity contribution in [1.82, 2.24) is 0 Å². The van der Waals surface area contributed by atoms with Gasteiger partial charge in [-0.2, -0.15) is 0 Å². The second kappa shape index (κ2) is 11.7. The predicted octanol–water partition coefficient (Wildman–Crippen LogP) is 8.39. The standard InChI is InChI=1S/C27H24O5S3/c1-27(2,19-3-9-22(10-4-19)30-34-29)20-5-11-23(12-6-20)31-35-32-24-13-17-26(18-14-24)33-25-15-7-21(28)8-16-25/h3-18,28-29H,1-2H3. The van der Waals surface area contributed by atoms with E-state index in [1.54, 1.807) is 23.9 Å². The molecule has 0 bridgehead atoms. The highest BCUT2D eigenvalue weighted by Crippen LogP contribution is 2.34. The molecule has 2 N–H and O–H groups in total. The van der Waals surface area contributed by atoms with Gasteiger partial charge in [0, 0.05) is 15.2 Å². The van der Waals surface area contributed by atoms with Crippen molar-refractivity contribution in [3.63, 3.8) is 0 Å². The molecule has 0 fully saturated rings. The molecule has 0 aromatic heterocycles. The molecule has 0 saturated heterocycles. The van der Waals surface area contributed by atoms with Crippen molar-refractivity contribution < 1.29 is 22.2 Å². The van der Waals surface area contributed by atoms with Gasteiger partial charge in [-0.05, 0) is 83.9 Å². The molecule has 0 spiro atoms. The highest BCUT2D eigenvalue weighted by Gasteiger charge is 2.23. The minimum Gasteiger partial charge on any atom is -0.508 e. The molecular formula is C27H24O5S3. The van der Waals surface area contributed by atoms with Gasteiger partial charge in [0.1, 0.15) is 23.0 Å². The van der Waals surface area contributed by atoms with Crippen molar-refractivity contribution in [2.24, 2.45) is 0 Å². The van der Waals surface area contributed by atoms with Crippen molar-refractivity contribution in [1.29, 1.82) is 0 Å². The van der Waals surface area contributed by atoms with E-state index in [2.05, 4.69) is 13.8 Å². The van der Waals surface area contributed by atoms with Gasteiger partial charge in [-0.1, -0.05) is 49.9 Å². The number of aromatic hydroxyl groups is 1. The van der Waals surface area contributed by atoms with Gasteiger partial charge in [0.25, 0.3) is 12.3 Å². The first kappa shape index (κ1) is 25.2. The lowest BCUT2D eigenvalue weighted by molar-refractivity contribution is 0.475. The Morgan fingerprint density at radius 2 is 0.971 bits per heavy atom. The van der Waals surface area contributed by atoms with Crippen LogP contribution in [0.1, 0.15) is 25.0 Å². The molecule has 0 radical (unpaired) electrons. The topological polar surface area (TPSA) is 68.2 Å². The fourth-order valence-electron chi connectivity index (χ4n) is 3.37. The zero-order valence-electron chi connectivity index (χ0n) is 19.1. The maximum atomic E-state index is 9.39. The Balaban J connectivity index is 1.29. The summed E-state index contributed by atoms with van der Waals surface area (Å²) < 4.78 is 25.2. The predicted molar refractivity (Wildman–Crippen MR) is 143 cm³/mol. The molecule has 4 rings (SSSR count). The van der Waals surface area contributed by atoms with Gasteiger partial charge < -0.3 is 17.7 Å². The Morgan fingerprint density at radius 1 is 0.571 bits per heavy atom. The SMILES string of the molecule is CC(C)(c1ccc(OSO)cc1)c1ccc(OSOc2ccc(Sc3ccc(O)cc3)cc2)cc1. The molecule has 0 aliphatic heterocycles. The third kappa shape index (κ3) is 6.82. The van der Waals surface area contributed by atoms with Crippen molar-refractivity contribution >= 4 is 36.4 Å². The number of benzene rings is 4. The second-order valence-electron chi connectivity index (χ2n) is 8.13. The highest BCUT2D eigenvalue weighted by atomic mass is 32.2. The zero-order chi connectivity index (χ0) is 24.7. The largest absolute Gasteiger partial charge is 0.508 e. The lowest BCUT2D eigenvalue weighted by atomic mass is 9.78. The van der Waals surface area contributed by atoms with Crippen LogP contribution in [-0.2, 0) is 5.41 Å². The normalized spacial score (nSPS) is 11.2. The maximum absolute atomic E-state index is 9.39. The lowest BCUT2D eigenvalue weighted by Crippen LogP contribution is -2.18. The van der Waals surface area contributed by atoms with Crippen molar-refractivity contribution in [3.8, 4) is 23.0 Å². The summed E-state index contributed by atoms with van der Waals surface area (Å²) in [5.41, 5.74) is 2.06. The van der Waals surface area contributed by atoms with Crippen LogP contribution in [0.3, 0.4) is 0 Å². The molecule has 5 nitrogen and oxygen atoms in total. The van der Waals surface area contributed by atoms with Gasteiger partial charge in [-0.25, -0.2) is 0 Å². The monoisotopic (exact) mass is 524 g/mol. The van der Waals surface area contributed by atoms with Crippen LogP contribution >= 0.6 is 36.4 Å². The number of hydrogen-bond acceptors (Lipinski definition) is 8. The van der Waals surface area contributed by atoms with Gasteiger partial charge in [-0.3, -0.25) is 4.55 Å². The van der Waals surface area contributed by atoms with E-state index >= 15 is 0 Å². The van der Waals surface area contributed by atoms with Gasteiger partial charge >= 0.3 is 0 Å². The summed E-state index contributed by atoms with van der Waals surface area (Å²) in [5.74, 6) is 2.24. The van der Waals surface area contributed by atoms with E-state index in [4.69, 9.17) is 17.1 Å². The summed E-state index contributed by atoms with van der Waals surface area (Å²) in [4.78, 5) is 2.12. The summed E-state index contributed by atoms with van der Waals surface area (Å²) in [6.07, 6.45) is 0. The molecular weight excluding hydrogens is 500 g/mol. The van der Waals surface area contributed by atoms with Gasteiger partial charge in [0.2, 0.25) is 12.3 Å². The molecule has 180 valence electrons. The van der Waals surface area contributed by atoms with E-state index in [-0.39, 0.29) is 11.2 Å². The Hall–Kier alpha value is -2.91. The number of phenols is 1. The zero-order valence-corrected chi connectivity index (χ0v) is 21.5. The van der Waals surface area contributed by atoms with Crippen molar-refractivity contribution in [2.75, 3.05) is 0 Å². The first-order chi connectivity index (χ1) is 16.9. The molecule has 0 atom stereocenters. The van der Waals surface area contributed by atoms with Crippen molar-refractivity contribution in [2.45, 2.75) is 29.1 Å². The van der Waals surface area contributed by atoms with Crippen LogP contribution in [0.15, 0.2) is 107 Å². The first-order valence-corrected chi connectivity index (χ1v) is 12.9. The molecule has 0 aliphatic carbocycles. The summed E-state index contributed by atoms with van der Waals surface area (Å²) in [6.45, 7) is 4.31. The minimum atomic E-state index is -0.215. The van der Waals surface area contributed by atoms with Crippen molar-refractivity contribution in [3.05, 3.63) is 108 Å². The number of phenolic OH excluding ortho intramolecular Hbond substituents is 1. The summed E-state index contributed by atoms with van der Waals surface area (Å²) in [6, 6.07) is 30.4. The fourth-order valence-corrected chi connectivity index (χ4v) is 4.80. The molecule has 0 amide bonds. The molecule has 4 aromatic rings. The Bertz CT molecular complexity index is 1210. The van der Waals surface area contributed by atoms with Gasteiger partial charge in [-0.15, -0.1) is 0 Å². The van der Waals surface area contributed by atoms with E-state index < -0.39 is 0 Å². The van der Waals surface area contributed by atoms with E-state index in [1.165, 1.54) is 0 Å². The summed E-state index contributed by atoms with van der Waals surface area (Å²) in [5, 5.41) is 9.39. The molecule has 0 heterocycles. The van der Waals surface area contributed by atoms with Crippen LogP contribution in [-0.4, -0.2) is 9.66 Å². The highest BCUT2D eigenvalue weighted by molar-refractivity contribution is 7.99. The summed E-state index contributed by atoms with van der Waals surface area (Å²) in [7, 11) is 0. The van der Waals surface area contributed by atoms with Crippen LogP contribution in [0.25, 0.3) is 0 Å². The van der Waals surface area contributed by atoms with E-state index in [0.717, 1.165) is 33.2 Å². The van der Waals surface area contributed by atoms with Crippen LogP contribution < -0.4 is 12.5 Å². The first-order valence-electron chi connectivity index (χ1n) is 10.7. The van der Waals surface area contributed by atoms with Crippen LogP contribution in [0.5, 0.6) is 23.0 Å². The van der Waals surface area contributed by atoms with E-state index in [0.29, 0.717) is 29.6 Å². The average molecular weight is 525 g/mol. The number of hydrogen-bond donors (Lipinski definition) is 2. The Kier molecular flexibility index (Phi) is 8.41. The van der Waals surface area contributed by atoms with Crippen LogP contribution in [0.2, 0.25) is 0 Å². The third-order valence-corrected chi connectivity index (χ3v) is 7.25. The third-order valence-electron chi connectivity index (χ3n) is 5.44. The lowest BCUT2D eigenvalue weighted by Gasteiger charge is -2.26. The average Bonchev–Trinajstić information content (AvgIpc) is 2.87. The molecule has 0 saturated carbocycles. The van der Waals surface area contributed by atoms with Crippen LogP contribution in [0, 0.1) is 0 Å². The fraction of sp³-hybridized carbons (Fsp3) is 0.111. The molecule has 0 aliphatic rings. The Labute approximate surface area is 218 Å². The van der Waals surface area contributed by atoms with E-state index in [9.17, 15) is 5.11 Å². The summed E-state index contributed by atoms with van der Waals surface area (Å²) >= 11 is 2.86. The quantitative estimate of drug-likeness (QED) is 0.200. The van der Waals surface area contributed by atoms with Gasteiger partial charge in [0.05, 0.1) is 0 Å². The van der Waals surface area contributed by atoms with Crippen LogP contribution in [0.4, 0.5) is 0 Å². The van der Waals surface area contributed by atoms with E-state index in [1.807, 2.05) is 84.9 Å². The second-order valence-corrected chi connectivity index (χ2v) is 10.1. The maximum Gasteiger partial charge on any atom is 0.293 e. The molecule has 0 unspecified atom stereocenters. The van der Waals surface area contributed by atoms with Gasteiger partial charge in [0.15, 0.2) is 0 Å². The Morgan fingerprint density at radius 3 is 1.43 bits per heavy atom. The molecule has 35 heavy (non-hydrogen) atoms. The minimum absolute atomic E-state index is 0.215. The number of rotatable bonds is 10.